The minimum Gasteiger partial charge on any atom is -0.367 e. The molecular formula is C8H16N2O2. The highest BCUT2D eigenvalue weighted by atomic mass is 16.5. The lowest BCUT2D eigenvalue weighted by molar-refractivity contribution is -0.135. The maximum atomic E-state index is 11.2. The van der Waals surface area contributed by atoms with Crippen LogP contribution < -0.4 is 11.1 Å². The standard InChI is InChI=1S/C8H16N2O2/c1-2-10-8(11)7-4-3-6(9)5-12-7/h6-7H,2-5,9H2,1H3,(H,10,11). The summed E-state index contributed by atoms with van der Waals surface area (Å²) in [5, 5.41) is 2.73. The predicted octanol–water partition coefficient (Wildman–Crippen LogP) is -0.371. The summed E-state index contributed by atoms with van der Waals surface area (Å²) in [4.78, 5) is 11.2. The van der Waals surface area contributed by atoms with Crippen molar-refractivity contribution in [2.45, 2.75) is 31.9 Å². The summed E-state index contributed by atoms with van der Waals surface area (Å²) >= 11 is 0. The second-order valence-electron chi connectivity index (χ2n) is 3.05. The molecule has 0 saturated carbocycles. The van der Waals surface area contributed by atoms with E-state index in [9.17, 15) is 4.79 Å². The topological polar surface area (TPSA) is 64.4 Å². The average Bonchev–Trinajstić information content (AvgIpc) is 2.06. The van der Waals surface area contributed by atoms with E-state index in [-0.39, 0.29) is 18.1 Å². The number of carbonyl (C=O) groups is 1. The molecule has 0 aliphatic carbocycles. The number of likely N-dealkylation sites (N-methyl/N-ethyl adjacent to an activating group) is 1. The Morgan fingerprint density at radius 1 is 1.67 bits per heavy atom. The van der Waals surface area contributed by atoms with Crippen LogP contribution in [-0.2, 0) is 9.53 Å². The van der Waals surface area contributed by atoms with Gasteiger partial charge in [-0.05, 0) is 19.8 Å². The predicted molar refractivity (Wildman–Crippen MR) is 45.6 cm³/mol. The number of nitrogens with one attached hydrogen (secondary N) is 1. The highest BCUT2D eigenvalue weighted by Gasteiger charge is 2.24. The molecule has 0 aromatic rings. The number of rotatable bonds is 2. The van der Waals surface area contributed by atoms with Gasteiger partial charge in [-0.15, -0.1) is 0 Å². The first-order valence-corrected chi connectivity index (χ1v) is 4.39. The van der Waals surface area contributed by atoms with Crippen molar-refractivity contribution in [3.05, 3.63) is 0 Å². The zero-order chi connectivity index (χ0) is 8.97. The Bertz CT molecular complexity index is 153. The molecule has 1 saturated heterocycles. The van der Waals surface area contributed by atoms with Crippen LogP contribution in [0.2, 0.25) is 0 Å². The van der Waals surface area contributed by atoms with E-state index in [0.29, 0.717) is 13.2 Å². The van der Waals surface area contributed by atoms with Crippen molar-refractivity contribution in [1.82, 2.24) is 5.32 Å². The van der Waals surface area contributed by atoms with Crippen molar-refractivity contribution in [3.63, 3.8) is 0 Å². The third-order valence-corrected chi connectivity index (χ3v) is 1.95. The Hall–Kier alpha value is -0.610. The second kappa shape index (κ2) is 4.42. The van der Waals surface area contributed by atoms with E-state index < -0.39 is 0 Å². The van der Waals surface area contributed by atoms with Crippen LogP contribution in [-0.4, -0.2) is 31.2 Å². The Labute approximate surface area is 72.5 Å². The second-order valence-corrected chi connectivity index (χ2v) is 3.05. The molecule has 1 aliphatic rings. The molecule has 1 aliphatic heterocycles. The van der Waals surface area contributed by atoms with Gasteiger partial charge in [0.25, 0.3) is 0 Å². The van der Waals surface area contributed by atoms with Crippen LogP contribution in [0.3, 0.4) is 0 Å². The van der Waals surface area contributed by atoms with Crippen LogP contribution in [0.5, 0.6) is 0 Å². The summed E-state index contributed by atoms with van der Waals surface area (Å²) in [5.41, 5.74) is 5.61. The average molecular weight is 172 g/mol. The molecule has 70 valence electrons. The Morgan fingerprint density at radius 2 is 2.42 bits per heavy atom. The summed E-state index contributed by atoms with van der Waals surface area (Å²) in [6, 6.07) is 0.107. The van der Waals surface area contributed by atoms with E-state index in [1.54, 1.807) is 0 Å². The number of ether oxygens (including phenoxy) is 1. The molecule has 0 bridgehead atoms. The normalized spacial score (nSPS) is 29.8. The lowest BCUT2D eigenvalue weighted by Gasteiger charge is -2.25. The van der Waals surface area contributed by atoms with Crippen molar-refractivity contribution in [1.29, 1.82) is 0 Å². The van der Waals surface area contributed by atoms with E-state index in [1.165, 1.54) is 0 Å². The summed E-state index contributed by atoms with van der Waals surface area (Å²) in [7, 11) is 0. The number of hydrogen-bond acceptors (Lipinski definition) is 3. The van der Waals surface area contributed by atoms with Crippen molar-refractivity contribution < 1.29 is 9.53 Å². The third-order valence-electron chi connectivity index (χ3n) is 1.95. The van der Waals surface area contributed by atoms with Crippen LogP contribution in [0.4, 0.5) is 0 Å². The molecule has 2 atom stereocenters. The maximum absolute atomic E-state index is 11.2. The third kappa shape index (κ3) is 2.46. The minimum atomic E-state index is -0.273. The fourth-order valence-electron chi connectivity index (χ4n) is 1.27. The first-order chi connectivity index (χ1) is 5.74. The van der Waals surface area contributed by atoms with Gasteiger partial charge in [0.2, 0.25) is 5.91 Å². The highest BCUT2D eigenvalue weighted by Crippen LogP contribution is 2.11. The number of carbonyl (C=O) groups excluding carboxylic acids is 1. The van der Waals surface area contributed by atoms with Crippen LogP contribution in [0.25, 0.3) is 0 Å². The van der Waals surface area contributed by atoms with Crippen molar-refractivity contribution in [2.75, 3.05) is 13.2 Å². The van der Waals surface area contributed by atoms with Crippen LogP contribution >= 0.6 is 0 Å². The van der Waals surface area contributed by atoms with Crippen LogP contribution in [0, 0.1) is 0 Å². The lowest BCUT2D eigenvalue weighted by Crippen LogP contribution is -2.43. The first-order valence-electron chi connectivity index (χ1n) is 4.39. The molecule has 0 radical (unpaired) electrons. The van der Waals surface area contributed by atoms with E-state index in [4.69, 9.17) is 10.5 Å². The molecule has 4 heteroatoms. The van der Waals surface area contributed by atoms with Gasteiger partial charge in [0.15, 0.2) is 0 Å². The number of hydrogen-bond donors (Lipinski definition) is 2. The summed E-state index contributed by atoms with van der Waals surface area (Å²) in [5.74, 6) is -0.00981. The Balaban J connectivity index is 2.29. The van der Waals surface area contributed by atoms with Gasteiger partial charge in [-0.3, -0.25) is 4.79 Å². The van der Waals surface area contributed by atoms with Crippen molar-refractivity contribution in [2.24, 2.45) is 5.73 Å². The number of nitrogens with two attached hydrogens (primary N) is 1. The van der Waals surface area contributed by atoms with E-state index in [1.807, 2.05) is 6.92 Å². The first kappa shape index (κ1) is 9.48. The van der Waals surface area contributed by atoms with E-state index >= 15 is 0 Å². The summed E-state index contributed by atoms with van der Waals surface area (Å²) in [6.07, 6.45) is 1.35. The molecule has 2 unspecified atom stereocenters. The molecule has 3 N–H and O–H groups in total. The molecule has 0 spiro atoms. The largest absolute Gasteiger partial charge is 0.367 e. The minimum absolute atomic E-state index is 0.00981. The van der Waals surface area contributed by atoms with Gasteiger partial charge in [-0.2, -0.15) is 0 Å². The van der Waals surface area contributed by atoms with Gasteiger partial charge in [-0.25, -0.2) is 0 Å². The van der Waals surface area contributed by atoms with Gasteiger partial charge in [0.05, 0.1) is 6.61 Å². The fourth-order valence-corrected chi connectivity index (χ4v) is 1.27. The van der Waals surface area contributed by atoms with Gasteiger partial charge >= 0.3 is 0 Å². The van der Waals surface area contributed by atoms with Gasteiger partial charge in [0.1, 0.15) is 6.10 Å². The quantitative estimate of drug-likeness (QED) is 0.597. The monoisotopic (exact) mass is 172 g/mol. The molecule has 0 aromatic carbocycles. The Morgan fingerprint density at radius 3 is 2.92 bits per heavy atom. The lowest BCUT2D eigenvalue weighted by atomic mass is 10.1. The van der Waals surface area contributed by atoms with Crippen LogP contribution in [0.15, 0.2) is 0 Å². The zero-order valence-corrected chi connectivity index (χ0v) is 7.38. The van der Waals surface area contributed by atoms with Crippen LogP contribution in [0.1, 0.15) is 19.8 Å². The van der Waals surface area contributed by atoms with Gasteiger partial charge < -0.3 is 15.8 Å². The molecule has 0 aromatic heterocycles. The number of amides is 1. The Kier molecular flexibility index (Phi) is 3.49. The molecule has 4 nitrogen and oxygen atoms in total. The molecule has 1 heterocycles. The van der Waals surface area contributed by atoms with Gasteiger partial charge in [-0.1, -0.05) is 0 Å². The summed E-state index contributed by atoms with van der Waals surface area (Å²) in [6.45, 7) is 3.05. The molecular weight excluding hydrogens is 156 g/mol. The zero-order valence-electron chi connectivity index (χ0n) is 7.38. The highest BCUT2D eigenvalue weighted by molar-refractivity contribution is 5.80. The van der Waals surface area contributed by atoms with Gasteiger partial charge in [0, 0.05) is 12.6 Å². The summed E-state index contributed by atoms with van der Waals surface area (Å²) < 4.78 is 5.27. The molecule has 1 amide bonds. The molecule has 1 rings (SSSR count). The van der Waals surface area contributed by atoms with Crippen molar-refractivity contribution in [3.8, 4) is 0 Å². The fraction of sp³-hybridized carbons (Fsp3) is 0.875. The SMILES string of the molecule is CCNC(=O)C1CCC(N)CO1. The molecule has 12 heavy (non-hydrogen) atoms. The van der Waals surface area contributed by atoms with Crippen molar-refractivity contribution >= 4 is 5.91 Å². The van der Waals surface area contributed by atoms with E-state index in [0.717, 1.165) is 12.8 Å². The van der Waals surface area contributed by atoms with E-state index in [2.05, 4.69) is 5.32 Å². The molecule has 1 fully saturated rings. The smallest absolute Gasteiger partial charge is 0.249 e. The maximum Gasteiger partial charge on any atom is 0.249 e.